The lowest BCUT2D eigenvalue weighted by molar-refractivity contribution is -0.105. The lowest BCUT2D eigenvalue weighted by atomic mass is 10.0. The van der Waals surface area contributed by atoms with Gasteiger partial charge in [-0.3, -0.25) is 19.1 Å². The monoisotopic (exact) mass is 367 g/mol. The van der Waals surface area contributed by atoms with Gasteiger partial charge in [-0.1, -0.05) is 42.5 Å². The normalized spacial score (nSPS) is 10.4. The number of carbonyl (C=O) groups is 1. The predicted molar refractivity (Wildman–Crippen MR) is 110 cm³/mol. The number of rotatable bonds is 5. The van der Waals surface area contributed by atoms with Crippen LogP contribution in [0.25, 0.3) is 28.1 Å². The number of hydrogen-bond acceptors (Lipinski definition) is 3. The van der Waals surface area contributed by atoms with Crippen molar-refractivity contribution in [2.24, 2.45) is 0 Å². The standard InChI is InChI=1S/C23H17N3O2/c27-16-25-22-12-5-4-10-19(22)20-14-17(21-11-6-7-13-24-21)15-26(23(20)28)18-8-2-1-3-9-18/h1-16H,(H,25,27). The van der Waals surface area contributed by atoms with Crippen molar-refractivity contribution in [1.82, 2.24) is 9.55 Å². The number of nitrogens with zero attached hydrogens (tertiary/aromatic N) is 2. The minimum Gasteiger partial charge on any atom is -0.328 e. The summed E-state index contributed by atoms with van der Waals surface area (Å²) < 4.78 is 1.61. The van der Waals surface area contributed by atoms with Gasteiger partial charge in [-0.25, -0.2) is 0 Å². The van der Waals surface area contributed by atoms with Gasteiger partial charge in [-0.15, -0.1) is 0 Å². The molecule has 5 heteroatoms. The molecule has 5 nitrogen and oxygen atoms in total. The first-order valence-corrected chi connectivity index (χ1v) is 8.81. The highest BCUT2D eigenvalue weighted by Crippen LogP contribution is 2.28. The van der Waals surface area contributed by atoms with Crippen LogP contribution in [0.3, 0.4) is 0 Å². The molecule has 0 radical (unpaired) electrons. The number of amides is 1. The zero-order chi connectivity index (χ0) is 19.3. The van der Waals surface area contributed by atoms with Gasteiger partial charge >= 0.3 is 0 Å². The van der Waals surface area contributed by atoms with Gasteiger partial charge < -0.3 is 5.32 Å². The fourth-order valence-electron chi connectivity index (χ4n) is 3.14. The number of anilines is 1. The van der Waals surface area contributed by atoms with Crippen LogP contribution in [-0.4, -0.2) is 16.0 Å². The summed E-state index contributed by atoms with van der Waals surface area (Å²) in [6.07, 6.45) is 4.12. The molecule has 4 rings (SSSR count). The van der Waals surface area contributed by atoms with Crippen molar-refractivity contribution >= 4 is 12.1 Å². The van der Waals surface area contributed by atoms with Crippen molar-refractivity contribution in [3.63, 3.8) is 0 Å². The van der Waals surface area contributed by atoms with Crippen LogP contribution in [0.2, 0.25) is 0 Å². The largest absolute Gasteiger partial charge is 0.328 e. The molecule has 2 aromatic heterocycles. The Morgan fingerprint density at radius 3 is 2.36 bits per heavy atom. The zero-order valence-electron chi connectivity index (χ0n) is 14.9. The second-order valence-electron chi connectivity index (χ2n) is 6.18. The first kappa shape index (κ1) is 17.4. The Bertz CT molecular complexity index is 1170. The average molecular weight is 367 g/mol. The van der Waals surface area contributed by atoms with Crippen molar-refractivity contribution in [2.45, 2.75) is 0 Å². The molecule has 0 saturated carbocycles. The van der Waals surface area contributed by atoms with E-state index in [4.69, 9.17) is 0 Å². The van der Waals surface area contributed by atoms with E-state index in [0.717, 1.165) is 16.9 Å². The third-order valence-corrected chi connectivity index (χ3v) is 4.44. The molecule has 1 N–H and O–H groups in total. The molecule has 0 saturated heterocycles. The summed E-state index contributed by atoms with van der Waals surface area (Å²) in [5.41, 5.74) is 3.86. The maximum atomic E-state index is 13.3. The highest BCUT2D eigenvalue weighted by atomic mass is 16.1. The molecule has 136 valence electrons. The Morgan fingerprint density at radius 2 is 1.61 bits per heavy atom. The van der Waals surface area contributed by atoms with Gasteiger partial charge in [0.1, 0.15) is 0 Å². The molecular weight excluding hydrogens is 350 g/mol. The fourth-order valence-corrected chi connectivity index (χ4v) is 3.14. The minimum atomic E-state index is -0.175. The van der Waals surface area contributed by atoms with Crippen LogP contribution in [0.5, 0.6) is 0 Å². The van der Waals surface area contributed by atoms with Crippen LogP contribution in [0.15, 0.2) is 96.1 Å². The van der Waals surface area contributed by atoms with Gasteiger partial charge in [0.2, 0.25) is 6.41 Å². The Hall–Kier alpha value is -3.99. The van der Waals surface area contributed by atoms with Crippen LogP contribution < -0.4 is 10.9 Å². The molecule has 1 amide bonds. The van der Waals surface area contributed by atoms with Gasteiger partial charge in [0.05, 0.1) is 11.3 Å². The van der Waals surface area contributed by atoms with E-state index in [-0.39, 0.29) is 5.56 Å². The lowest BCUT2D eigenvalue weighted by Gasteiger charge is -2.14. The van der Waals surface area contributed by atoms with E-state index in [1.165, 1.54) is 0 Å². The second-order valence-corrected chi connectivity index (χ2v) is 6.18. The number of aromatic nitrogens is 2. The summed E-state index contributed by atoms with van der Waals surface area (Å²) in [6.45, 7) is 0. The number of benzene rings is 2. The molecular formula is C23H17N3O2. The molecule has 28 heavy (non-hydrogen) atoms. The van der Waals surface area contributed by atoms with Crippen molar-refractivity contribution in [2.75, 3.05) is 5.32 Å². The molecule has 0 aliphatic carbocycles. The van der Waals surface area contributed by atoms with Crippen LogP contribution >= 0.6 is 0 Å². The lowest BCUT2D eigenvalue weighted by Crippen LogP contribution is -2.20. The van der Waals surface area contributed by atoms with E-state index in [2.05, 4.69) is 10.3 Å². The van der Waals surface area contributed by atoms with E-state index in [0.29, 0.717) is 23.2 Å². The van der Waals surface area contributed by atoms with Crippen molar-refractivity contribution < 1.29 is 4.79 Å². The highest BCUT2D eigenvalue weighted by molar-refractivity contribution is 5.86. The summed E-state index contributed by atoms with van der Waals surface area (Å²) in [5, 5.41) is 2.68. The molecule has 2 aromatic carbocycles. The summed E-state index contributed by atoms with van der Waals surface area (Å²) in [5.74, 6) is 0. The SMILES string of the molecule is O=CNc1ccccc1-c1cc(-c2ccccn2)cn(-c2ccccc2)c1=O. The highest BCUT2D eigenvalue weighted by Gasteiger charge is 2.14. The molecule has 0 unspecified atom stereocenters. The average Bonchev–Trinajstić information content (AvgIpc) is 2.76. The third-order valence-electron chi connectivity index (χ3n) is 4.44. The Balaban J connectivity index is 2.01. The molecule has 0 aliphatic heterocycles. The second kappa shape index (κ2) is 7.72. The zero-order valence-corrected chi connectivity index (χ0v) is 14.9. The summed E-state index contributed by atoms with van der Waals surface area (Å²) in [7, 11) is 0. The van der Waals surface area contributed by atoms with Crippen LogP contribution in [0.1, 0.15) is 0 Å². The van der Waals surface area contributed by atoms with E-state index in [1.807, 2.05) is 72.8 Å². The van der Waals surface area contributed by atoms with Crippen LogP contribution in [0.4, 0.5) is 5.69 Å². The Labute approximate surface area is 161 Å². The summed E-state index contributed by atoms with van der Waals surface area (Å²) in [4.78, 5) is 28.8. The predicted octanol–water partition coefficient (Wildman–Crippen LogP) is 4.13. The van der Waals surface area contributed by atoms with Gasteiger partial charge in [-0.05, 0) is 36.4 Å². The minimum absolute atomic E-state index is 0.175. The molecule has 0 fully saturated rings. The van der Waals surface area contributed by atoms with Crippen LogP contribution in [0, 0.1) is 0 Å². The van der Waals surface area contributed by atoms with Crippen molar-refractivity contribution in [3.8, 4) is 28.1 Å². The van der Waals surface area contributed by atoms with E-state index in [9.17, 15) is 9.59 Å². The number of carbonyl (C=O) groups excluding carboxylic acids is 1. The third kappa shape index (κ3) is 3.33. The van der Waals surface area contributed by atoms with Gasteiger partial charge in [0.25, 0.3) is 5.56 Å². The van der Waals surface area contributed by atoms with Gasteiger partial charge in [0.15, 0.2) is 0 Å². The van der Waals surface area contributed by atoms with E-state index >= 15 is 0 Å². The maximum absolute atomic E-state index is 13.3. The van der Waals surface area contributed by atoms with E-state index < -0.39 is 0 Å². The smallest absolute Gasteiger partial charge is 0.263 e. The topological polar surface area (TPSA) is 64.0 Å². The van der Waals surface area contributed by atoms with Crippen LogP contribution in [-0.2, 0) is 4.79 Å². The van der Waals surface area contributed by atoms with Crippen molar-refractivity contribution in [1.29, 1.82) is 0 Å². The molecule has 0 spiro atoms. The first-order valence-electron chi connectivity index (χ1n) is 8.81. The number of para-hydroxylation sites is 2. The number of nitrogens with one attached hydrogen (secondary N) is 1. The number of hydrogen-bond donors (Lipinski definition) is 1. The first-order chi connectivity index (χ1) is 13.8. The molecule has 2 heterocycles. The van der Waals surface area contributed by atoms with Crippen molar-refractivity contribution in [3.05, 3.63) is 102 Å². The number of pyridine rings is 2. The maximum Gasteiger partial charge on any atom is 0.263 e. The van der Waals surface area contributed by atoms with Gasteiger partial charge in [-0.2, -0.15) is 0 Å². The fraction of sp³-hybridized carbons (Fsp3) is 0. The summed E-state index contributed by atoms with van der Waals surface area (Å²) >= 11 is 0. The quantitative estimate of drug-likeness (QED) is 0.539. The van der Waals surface area contributed by atoms with Gasteiger partial charge in [0, 0.05) is 34.9 Å². The molecule has 0 bridgehead atoms. The Kier molecular flexibility index (Phi) is 4.80. The van der Waals surface area contributed by atoms with E-state index in [1.54, 1.807) is 23.0 Å². The molecule has 0 atom stereocenters. The molecule has 0 aliphatic rings. The molecule has 4 aromatic rings. The Morgan fingerprint density at radius 1 is 0.857 bits per heavy atom. The summed E-state index contributed by atoms with van der Waals surface area (Å²) in [6, 6.07) is 24.1.